The van der Waals surface area contributed by atoms with Crippen molar-refractivity contribution in [2.45, 2.75) is 30.6 Å². The highest BCUT2D eigenvalue weighted by Gasteiger charge is 2.18. The summed E-state index contributed by atoms with van der Waals surface area (Å²) in [7, 11) is -3.65. The summed E-state index contributed by atoms with van der Waals surface area (Å²) < 4.78 is 41.8. The fraction of sp³-hybridized carbons (Fsp3) is 0.167. The number of halogens is 1. The van der Waals surface area contributed by atoms with Crippen molar-refractivity contribution >= 4 is 26.6 Å². The lowest BCUT2D eigenvalue weighted by molar-refractivity contribution is 0.600. The molecule has 4 aromatic rings. The largest absolute Gasteiger partial charge is 0.355 e. The Bertz CT molecular complexity index is 1340. The van der Waals surface area contributed by atoms with Crippen molar-refractivity contribution in [3.63, 3.8) is 0 Å². The average Bonchev–Trinajstić information content (AvgIpc) is 3.17. The number of H-pyrrole nitrogens is 1. The van der Waals surface area contributed by atoms with Gasteiger partial charge in [0, 0.05) is 22.3 Å². The Balaban J connectivity index is 1.38. The standard InChI is InChI=1S/C24H21FN2O2S/c25-20-8-12-23-19(13-20)15-24(26-23)17-5-9-21(10-6-17)27-30(28,29)22-11-7-16-3-1-2-4-18(16)14-22/h5-15,26-27H,1-4H2. The van der Waals surface area contributed by atoms with Crippen molar-refractivity contribution in [3.8, 4) is 11.3 Å². The lowest BCUT2D eigenvalue weighted by Gasteiger charge is -2.17. The maximum Gasteiger partial charge on any atom is 0.261 e. The number of nitrogens with one attached hydrogen (secondary N) is 2. The van der Waals surface area contributed by atoms with E-state index in [-0.39, 0.29) is 5.82 Å². The van der Waals surface area contributed by atoms with Crippen LogP contribution in [0.15, 0.2) is 71.6 Å². The van der Waals surface area contributed by atoms with Gasteiger partial charge < -0.3 is 4.98 Å². The number of hydrogen-bond acceptors (Lipinski definition) is 2. The van der Waals surface area contributed by atoms with Crippen LogP contribution in [0.4, 0.5) is 10.1 Å². The Labute approximate surface area is 174 Å². The van der Waals surface area contributed by atoms with E-state index in [2.05, 4.69) is 9.71 Å². The third-order valence-electron chi connectivity index (χ3n) is 5.66. The van der Waals surface area contributed by atoms with Gasteiger partial charge in [0.1, 0.15) is 5.82 Å². The van der Waals surface area contributed by atoms with Crippen molar-refractivity contribution in [2.24, 2.45) is 0 Å². The van der Waals surface area contributed by atoms with Crippen LogP contribution in [0.3, 0.4) is 0 Å². The summed E-state index contributed by atoms with van der Waals surface area (Å²) >= 11 is 0. The lowest BCUT2D eigenvalue weighted by atomic mass is 9.92. The maximum absolute atomic E-state index is 13.4. The molecule has 1 aliphatic carbocycles. The van der Waals surface area contributed by atoms with Crippen LogP contribution in [0, 0.1) is 5.82 Å². The van der Waals surface area contributed by atoms with Crippen LogP contribution < -0.4 is 4.72 Å². The van der Waals surface area contributed by atoms with Gasteiger partial charge in [0.05, 0.1) is 4.90 Å². The zero-order valence-electron chi connectivity index (χ0n) is 16.3. The van der Waals surface area contributed by atoms with E-state index >= 15 is 0 Å². The number of sulfonamides is 1. The molecule has 4 nitrogen and oxygen atoms in total. The van der Waals surface area contributed by atoms with Gasteiger partial charge in [0.25, 0.3) is 10.0 Å². The molecule has 0 fully saturated rings. The minimum absolute atomic E-state index is 0.278. The number of hydrogen-bond donors (Lipinski definition) is 2. The van der Waals surface area contributed by atoms with E-state index in [0.717, 1.165) is 53.4 Å². The third-order valence-corrected chi connectivity index (χ3v) is 7.04. The highest BCUT2D eigenvalue weighted by atomic mass is 32.2. The first kappa shape index (κ1) is 18.9. The topological polar surface area (TPSA) is 62.0 Å². The van der Waals surface area contributed by atoms with E-state index in [0.29, 0.717) is 10.6 Å². The van der Waals surface area contributed by atoms with Crippen LogP contribution in [-0.2, 0) is 22.9 Å². The molecule has 0 bridgehead atoms. The Morgan fingerprint density at radius 3 is 2.40 bits per heavy atom. The number of rotatable bonds is 4. The zero-order chi connectivity index (χ0) is 20.7. The normalized spacial score (nSPS) is 13.9. The molecule has 30 heavy (non-hydrogen) atoms. The number of benzene rings is 3. The molecule has 0 aliphatic heterocycles. The van der Waals surface area contributed by atoms with E-state index in [1.165, 1.54) is 17.7 Å². The molecule has 0 unspecified atom stereocenters. The summed E-state index contributed by atoms with van der Waals surface area (Å²) in [6.07, 6.45) is 4.22. The van der Waals surface area contributed by atoms with Crippen LogP contribution >= 0.6 is 0 Å². The van der Waals surface area contributed by atoms with E-state index in [9.17, 15) is 12.8 Å². The predicted octanol–water partition coefficient (Wildman–Crippen LogP) is 5.65. The van der Waals surface area contributed by atoms with Crippen LogP contribution in [0.1, 0.15) is 24.0 Å². The molecule has 6 heteroatoms. The van der Waals surface area contributed by atoms with Crippen LogP contribution in [0.2, 0.25) is 0 Å². The third kappa shape index (κ3) is 3.59. The molecule has 152 valence electrons. The predicted molar refractivity (Wildman–Crippen MR) is 118 cm³/mol. The maximum atomic E-state index is 13.4. The number of aromatic nitrogens is 1. The van der Waals surface area contributed by atoms with E-state index in [4.69, 9.17) is 0 Å². The van der Waals surface area contributed by atoms with Crippen LogP contribution in [0.5, 0.6) is 0 Å². The number of anilines is 1. The van der Waals surface area contributed by atoms with Gasteiger partial charge in [-0.1, -0.05) is 18.2 Å². The monoisotopic (exact) mass is 420 g/mol. The summed E-state index contributed by atoms with van der Waals surface area (Å²) in [5, 5.41) is 0.794. The van der Waals surface area contributed by atoms with Crippen molar-refractivity contribution in [1.82, 2.24) is 4.98 Å². The second kappa shape index (κ2) is 7.29. The molecule has 5 rings (SSSR count). The summed E-state index contributed by atoms with van der Waals surface area (Å²) in [4.78, 5) is 3.55. The SMILES string of the molecule is O=S(=O)(Nc1ccc(-c2cc3cc(F)ccc3[nH]2)cc1)c1ccc2c(c1)CCCC2. The molecule has 1 aromatic heterocycles. The van der Waals surface area contributed by atoms with Gasteiger partial charge in [-0.2, -0.15) is 0 Å². The van der Waals surface area contributed by atoms with Crippen molar-refractivity contribution in [2.75, 3.05) is 4.72 Å². The van der Waals surface area contributed by atoms with E-state index in [1.807, 2.05) is 24.3 Å². The Morgan fingerprint density at radius 1 is 0.833 bits per heavy atom. The molecule has 3 aromatic carbocycles. The Kier molecular flexibility index (Phi) is 4.59. The molecule has 1 heterocycles. The molecular formula is C24H21FN2O2S. The second-order valence-corrected chi connectivity index (χ2v) is 9.42. The Morgan fingerprint density at radius 2 is 1.60 bits per heavy atom. The van der Waals surface area contributed by atoms with E-state index in [1.54, 1.807) is 30.3 Å². The number of aryl methyl sites for hydroxylation is 2. The molecule has 0 saturated heterocycles. The summed E-state index contributed by atoms with van der Waals surface area (Å²) in [5.41, 5.74) is 5.47. The van der Waals surface area contributed by atoms with Crippen LogP contribution in [0.25, 0.3) is 22.2 Å². The Hall–Kier alpha value is -3.12. The molecule has 0 radical (unpaired) electrons. The highest BCUT2D eigenvalue weighted by molar-refractivity contribution is 7.92. The van der Waals surface area contributed by atoms with Gasteiger partial charge in [-0.3, -0.25) is 4.72 Å². The van der Waals surface area contributed by atoms with Gasteiger partial charge in [-0.25, -0.2) is 12.8 Å². The lowest BCUT2D eigenvalue weighted by Crippen LogP contribution is -2.14. The molecule has 2 N–H and O–H groups in total. The summed E-state index contributed by atoms with van der Waals surface area (Å²) in [5.74, 6) is -0.278. The quantitative estimate of drug-likeness (QED) is 0.448. The minimum atomic E-state index is -3.65. The molecular weight excluding hydrogens is 399 g/mol. The summed E-state index contributed by atoms with van der Waals surface area (Å²) in [6, 6.07) is 19.0. The van der Waals surface area contributed by atoms with Crippen molar-refractivity contribution in [1.29, 1.82) is 0 Å². The fourth-order valence-corrected chi connectivity index (χ4v) is 5.18. The smallest absolute Gasteiger partial charge is 0.261 e. The molecule has 0 saturated carbocycles. The first-order valence-corrected chi connectivity index (χ1v) is 11.5. The van der Waals surface area contributed by atoms with Gasteiger partial charge >= 0.3 is 0 Å². The van der Waals surface area contributed by atoms with E-state index < -0.39 is 10.0 Å². The van der Waals surface area contributed by atoms with Gasteiger partial charge in [-0.15, -0.1) is 0 Å². The van der Waals surface area contributed by atoms with Crippen molar-refractivity contribution < 1.29 is 12.8 Å². The van der Waals surface area contributed by atoms with Gasteiger partial charge in [0.2, 0.25) is 0 Å². The molecule has 0 atom stereocenters. The number of fused-ring (bicyclic) bond motifs is 2. The average molecular weight is 421 g/mol. The van der Waals surface area contributed by atoms with Crippen molar-refractivity contribution in [3.05, 3.63) is 83.7 Å². The van der Waals surface area contributed by atoms with Gasteiger partial charge in [0.15, 0.2) is 0 Å². The highest BCUT2D eigenvalue weighted by Crippen LogP contribution is 2.28. The van der Waals surface area contributed by atoms with Crippen LogP contribution in [-0.4, -0.2) is 13.4 Å². The summed E-state index contributed by atoms with van der Waals surface area (Å²) in [6.45, 7) is 0. The molecule has 1 aliphatic rings. The minimum Gasteiger partial charge on any atom is -0.355 e. The molecule has 0 spiro atoms. The first-order valence-electron chi connectivity index (χ1n) is 10.0. The second-order valence-electron chi connectivity index (χ2n) is 7.74. The number of aromatic amines is 1. The first-order chi connectivity index (χ1) is 14.5. The fourth-order valence-electron chi connectivity index (χ4n) is 4.07. The van der Waals surface area contributed by atoms with Gasteiger partial charge in [-0.05, 0) is 90.9 Å². The molecule has 0 amide bonds. The zero-order valence-corrected chi connectivity index (χ0v) is 17.1.